The first kappa shape index (κ1) is 14.8. The predicted octanol–water partition coefficient (Wildman–Crippen LogP) is 1.86. The molecule has 1 aromatic heterocycles. The van der Waals surface area contributed by atoms with Gasteiger partial charge in [-0.1, -0.05) is 12.1 Å². The second-order valence-electron chi connectivity index (χ2n) is 4.67. The molecule has 0 unspecified atom stereocenters. The molecule has 1 aromatic carbocycles. The summed E-state index contributed by atoms with van der Waals surface area (Å²) in [5, 5.41) is 3.09. The van der Waals surface area contributed by atoms with E-state index in [2.05, 4.69) is 20.3 Å². The fourth-order valence-electron chi connectivity index (χ4n) is 1.68. The molecule has 0 bridgehead atoms. The summed E-state index contributed by atoms with van der Waals surface area (Å²) in [5.41, 5.74) is 6.69. The average Bonchev–Trinajstić information content (AvgIpc) is 2.44. The fourth-order valence-corrected chi connectivity index (χ4v) is 1.68. The van der Waals surface area contributed by atoms with Gasteiger partial charge in [-0.05, 0) is 31.5 Å². The monoisotopic (exact) mass is 289 g/mol. The average molecular weight is 289 g/mol. The molecule has 0 aliphatic rings. The molecule has 0 saturated heterocycles. The van der Waals surface area contributed by atoms with Crippen LogP contribution in [-0.2, 0) is 6.54 Å². The van der Waals surface area contributed by atoms with Gasteiger partial charge in [0.2, 0.25) is 11.9 Å². The van der Waals surface area contributed by atoms with Crippen LogP contribution in [0.3, 0.4) is 0 Å². The third-order valence-corrected chi connectivity index (χ3v) is 2.56. The summed E-state index contributed by atoms with van der Waals surface area (Å²) in [6, 6.07) is 7.93. The number of methoxy groups -OCH3 is 1. The van der Waals surface area contributed by atoms with Crippen molar-refractivity contribution in [3.63, 3.8) is 0 Å². The van der Waals surface area contributed by atoms with Crippen LogP contribution in [0.1, 0.15) is 19.4 Å². The molecular formula is C14H19N5O2. The van der Waals surface area contributed by atoms with Crippen molar-refractivity contribution in [2.24, 2.45) is 0 Å². The quantitative estimate of drug-likeness (QED) is 0.838. The molecule has 112 valence electrons. The van der Waals surface area contributed by atoms with Gasteiger partial charge in [0.1, 0.15) is 5.75 Å². The molecule has 0 saturated carbocycles. The first-order valence-corrected chi connectivity index (χ1v) is 6.62. The molecule has 0 aliphatic carbocycles. The lowest BCUT2D eigenvalue weighted by Gasteiger charge is -2.10. The highest BCUT2D eigenvalue weighted by atomic mass is 16.5. The normalized spacial score (nSPS) is 10.5. The maximum absolute atomic E-state index is 5.65. The maximum atomic E-state index is 5.65. The Morgan fingerprint density at radius 1 is 1.24 bits per heavy atom. The topological polar surface area (TPSA) is 95.2 Å². The zero-order valence-electron chi connectivity index (χ0n) is 12.3. The van der Waals surface area contributed by atoms with E-state index in [0.29, 0.717) is 12.5 Å². The molecular weight excluding hydrogens is 270 g/mol. The fraction of sp³-hybridized carbons (Fsp3) is 0.357. The Labute approximate surface area is 123 Å². The van der Waals surface area contributed by atoms with Crippen LogP contribution in [0, 0.1) is 0 Å². The van der Waals surface area contributed by atoms with Crippen molar-refractivity contribution in [3.05, 3.63) is 29.8 Å². The molecule has 1 heterocycles. The molecule has 2 aromatic rings. The van der Waals surface area contributed by atoms with E-state index in [1.807, 2.05) is 38.1 Å². The molecule has 2 rings (SSSR count). The number of ether oxygens (including phenoxy) is 2. The molecule has 0 spiro atoms. The van der Waals surface area contributed by atoms with Crippen molar-refractivity contribution in [3.8, 4) is 11.8 Å². The van der Waals surface area contributed by atoms with E-state index in [9.17, 15) is 0 Å². The Morgan fingerprint density at radius 3 is 2.76 bits per heavy atom. The number of nitrogen functional groups attached to an aromatic ring is 1. The number of nitrogens with zero attached hydrogens (tertiary/aromatic N) is 3. The Bertz CT molecular complexity index is 604. The molecule has 3 N–H and O–H groups in total. The van der Waals surface area contributed by atoms with Crippen LogP contribution in [0.25, 0.3) is 0 Å². The number of nitrogens with one attached hydrogen (secondary N) is 1. The largest absolute Gasteiger partial charge is 0.497 e. The van der Waals surface area contributed by atoms with Crippen molar-refractivity contribution in [2.45, 2.75) is 26.5 Å². The molecule has 0 atom stereocenters. The highest BCUT2D eigenvalue weighted by Crippen LogP contribution is 2.15. The smallest absolute Gasteiger partial charge is 0.323 e. The van der Waals surface area contributed by atoms with Crippen LogP contribution in [0.5, 0.6) is 11.8 Å². The second-order valence-corrected chi connectivity index (χ2v) is 4.67. The Balaban J connectivity index is 2.06. The molecule has 7 nitrogen and oxygen atoms in total. The van der Waals surface area contributed by atoms with Gasteiger partial charge < -0.3 is 20.5 Å². The van der Waals surface area contributed by atoms with E-state index < -0.39 is 0 Å². The van der Waals surface area contributed by atoms with Crippen molar-refractivity contribution in [1.82, 2.24) is 15.0 Å². The van der Waals surface area contributed by atoms with Crippen molar-refractivity contribution < 1.29 is 9.47 Å². The van der Waals surface area contributed by atoms with Crippen LogP contribution in [0.2, 0.25) is 0 Å². The lowest BCUT2D eigenvalue weighted by atomic mass is 10.2. The van der Waals surface area contributed by atoms with Gasteiger partial charge in [0.15, 0.2) is 0 Å². The van der Waals surface area contributed by atoms with Gasteiger partial charge in [0, 0.05) is 6.54 Å². The van der Waals surface area contributed by atoms with E-state index in [-0.39, 0.29) is 18.1 Å². The summed E-state index contributed by atoms with van der Waals surface area (Å²) in [5.74, 6) is 1.29. The van der Waals surface area contributed by atoms with Gasteiger partial charge in [-0.3, -0.25) is 0 Å². The zero-order chi connectivity index (χ0) is 15.2. The van der Waals surface area contributed by atoms with E-state index in [4.69, 9.17) is 15.2 Å². The van der Waals surface area contributed by atoms with Crippen LogP contribution in [0.4, 0.5) is 11.9 Å². The first-order chi connectivity index (χ1) is 10.1. The number of benzene rings is 1. The Hall–Kier alpha value is -2.57. The van der Waals surface area contributed by atoms with Gasteiger partial charge >= 0.3 is 6.01 Å². The van der Waals surface area contributed by atoms with Crippen LogP contribution < -0.4 is 20.5 Å². The first-order valence-electron chi connectivity index (χ1n) is 6.62. The van der Waals surface area contributed by atoms with Crippen LogP contribution in [0.15, 0.2) is 24.3 Å². The lowest BCUT2D eigenvalue weighted by Crippen LogP contribution is -2.12. The Morgan fingerprint density at radius 2 is 2.05 bits per heavy atom. The SMILES string of the molecule is COc1cccc(CNc2nc(N)nc(OC(C)C)n2)c1. The second kappa shape index (κ2) is 6.74. The van der Waals surface area contributed by atoms with Crippen LogP contribution in [-0.4, -0.2) is 28.2 Å². The van der Waals surface area contributed by atoms with Gasteiger partial charge in [-0.2, -0.15) is 15.0 Å². The Kier molecular flexibility index (Phi) is 4.76. The van der Waals surface area contributed by atoms with Crippen LogP contribution >= 0.6 is 0 Å². The minimum absolute atomic E-state index is 0.0296. The number of anilines is 2. The van der Waals surface area contributed by atoms with Crippen molar-refractivity contribution in [1.29, 1.82) is 0 Å². The summed E-state index contributed by atoms with van der Waals surface area (Å²) < 4.78 is 10.6. The summed E-state index contributed by atoms with van der Waals surface area (Å²) in [7, 11) is 1.63. The van der Waals surface area contributed by atoms with Gasteiger partial charge in [0.25, 0.3) is 0 Å². The molecule has 7 heteroatoms. The van der Waals surface area contributed by atoms with Gasteiger partial charge in [0.05, 0.1) is 13.2 Å². The highest BCUT2D eigenvalue weighted by molar-refractivity contribution is 5.35. The van der Waals surface area contributed by atoms with Gasteiger partial charge in [-0.15, -0.1) is 0 Å². The molecule has 0 fully saturated rings. The summed E-state index contributed by atoms with van der Waals surface area (Å²) in [4.78, 5) is 12.1. The summed E-state index contributed by atoms with van der Waals surface area (Å²) >= 11 is 0. The third-order valence-electron chi connectivity index (χ3n) is 2.56. The zero-order valence-corrected chi connectivity index (χ0v) is 12.3. The standard InChI is InChI=1S/C14H19N5O2/c1-9(2)21-14-18-12(15)17-13(19-14)16-8-10-5-4-6-11(7-10)20-3/h4-7,9H,8H2,1-3H3,(H3,15,16,17,18,19). The minimum Gasteiger partial charge on any atom is -0.497 e. The highest BCUT2D eigenvalue weighted by Gasteiger charge is 2.07. The number of rotatable bonds is 6. The number of hydrogen-bond donors (Lipinski definition) is 2. The van der Waals surface area contributed by atoms with E-state index in [0.717, 1.165) is 11.3 Å². The summed E-state index contributed by atoms with van der Waals surface area (Å²) in [6.45, 7) is 4.33. The maximum Gasteiger partial charge on any atom is 0.323 e. The lowest BCUT2D eigenvalue weighted by molar-refractivity contribution is 0.222. The molecule has 0 radical (unpaired) electrons. The molecule has 0 amide bonds. The van der Waals surface area contributed by atoms with Gasteiger partial charge in [-0.25, -0.2) is 0 Å². The van der Waals surface area contributed by atoms with Crippen molar-refractivity contribution >= 4 is 11.9 Å². The van der Waals surface area contributed by atoms with E-state index >= 15 is 0 Å². The molecule has 21 heavy (non-hydrogen) atoms. The number of nitrogens with two attached hydrogens (primary N) is 1. The molecule has 0 aliphatic heterocycles. The van der Waals surface area contributed by atoms with E-state index in [1.165, 1.54) is 0 Å². The third kappa shape index (κ3) is 4.48. The summed E-state index contributed by atoms with van der Waals surface area (Å²) in [6.07, 6.45) is -0.0296. The predicted molar refractivity (Wildman–Crippen MR) is 80.3 cm³/mol. The number of hydrogen-bond acceptors (Lipinski definition) is 7. The minimum atomic E-state index is -0.0296. The van der Waals surface area contributed by atoms with Crippen molar-refractivity contribution in [2.75, 3.05) is 18.2 Å². The number of aromatic nitrogens is 3. The van der Waals surface area contributed by atoms with E-state index in [1.54, 1.807) is 7.11 Å².